The second-order valence-corrected chi connectivity index (χ2v) is 6.81. The molecule has 0 radical (unpaired) electrons. The van der Waals surface area contributed by atoms with Crippen molar-refractivity contribution in [2.45, 2.75) is 37.6 Å². The van der Waals surface area contributed by atoms with E-state index in [0.717, 1.165) is 5.75 Å². The normalized spacial score (nSPS) is 23.1. The van der Waals surface area contributed by atoms with Crippen molar-refractivity contribution in [3.05, 3.63) is 24.3 Å². The molecule has 2 aliphatic heterocycles. The minimum absolute atomic E-state index is 0.121. The van der Waals surface area contributed by atoms with E-state index in [1.807, 2.05) is 24.3 Å². The van der Waals surface area contributed by atoms with Gasteiger partial charge in [0.1, 0.15) is 12.7 Å². The van der Waals surface area contributed by atoms with Crippen molar-refractivity contribution >= 4 is 5.91 Å². The van der Waals surface area contributed by atoms with Crippen LogP contribution < -0.4 is 14.8 Å². The fourth-order valence-electron chi connectivity index (χ4n) is 3.14. The number of para-hydroxylation sites is 2. The zero-order valence-corrected chi connectivity index (χ0v) is 13.9. The molecule has 2 aliphatic rings. The minimum atomic E-state index is -4.85. The van der Waals surface area contributed by atoms with Crippen LogP contribution in [0.15, 0.2) is 24.3 Å². The molecule has 0 spiro atoms. The molecule has 1 atom stereocenters. The van der Waals surface area contributed by atoms with Crippen molar-refractivity contribution in [2.75, 3.05) is 26.2 Å². The van der Waals surface area contributed by atoms with Crippen molar-refractivity contribution in [3.63, 3.8) is 0 Å². The molecule has 1 aromatic carbocycles. The Balaban J connectivity index is 1.49. The Hall–Kier alpha value is -1.96. The number of piperidine rings is 1. The highest BCUT2D eigenvalue weighted by molar-refractivity contribution is 5.82. The smallest absolute Gasteiger partial charge is 0.471 e. The first kappa shape index (κ1) is 17.8. The highest BCUT2D eigenvalue weighted by Gasteiger charge is 2.43. The number of benzene rings is 1. The third-order valence-electron chi connectivity index (χ3n) is 4.66. The van der Waals surface area contributed by atoms with Crippen LogP contribution in [0.25, 0.3) is 0 Å². The molecule has 0 bridgehead atoms. The molecule has 1 amide bonds. The van der Waals surface area contributed by atoms with E-state index in [9.17, 15) is 18.0 Å². The fraction of sp³-hybridized carbons (Fsp3) is 0.588. The number of nitrogens with one attached hydrogen (secondary N) is 1. The first-order chi connectivity index (χ1) is 11.8. The number of carbonyl (C=O) groups excluding carboxylic acids is 1. The molecule has 2 heterocycles. The summed E-state index contributed by atoms with van der Waals surface area (Å²) in [5, 5.41) is 2.13. The number of amides is 1. The second-order valence-electron chi connectivity index (χ2n) is 6.81. The number of halogens is 3. The van der Waals surface area contributed by atoms with Gasteiger partial charge in [0.25, 0.3) is 0 Å². The number of carbonyl (C=O) groups is 1. The summed E-state index contributed by atoms with van der Waals surface area (Å²) in [6.07, 6.45) is -4.05. The number of fused-ring (bicyclic) bond motifs is 1. The maximum absolute atomic E-state index is 12.4. The zero-order valence-electron chi connectivity index (χ0n) is 13.9. The summed E-state index contributed by atoms with van der Waals surface area (Å²) >= 11 is 0. The van der Waals surface area contributed by atoms with Gasteiger partial charge in [-0.2, -0.15) is 13.2 Å². The van der Waals surface area contributed by atoms with E-state index in [1.54, 1.807) is 6.92 Å². The van der Waals surface area contributed by atoms with Crippen molar-refractivity contribution < 1.29 is 27.4 Å². The van der Waals surface area contributed by atoms with Crippen LogP contribution in [0.4, 0.5) is 13.2 Å². The van der Waals surface area contributed by atoms with Gasteiger partial charge in [-0.25, -0.2) is 0 Å². The largest absolute Gasteiger partial charge is 0.486 e. The molecule has 8 heteroatoms. The van der Waals surface area contributed by atoms with Gasteiger partial charge in [-0.1, -0.05) is 12.1 Å². The lowest BCUT2D eigenvalue weighted by atomic mass is 9.89. The van der Waals surface area contributed by atoms with E-state index in [1.165, 1.54) is 0 Å². The van der Waals surface area contributed by atoms with Crippen LogP contribution in [0, 0.1) is 0 Å². The second kappa shape index (κ2) is 6.74. The summed E-state index contributed by atoms with van der Waals surface area (Å²) in [5.41, 5.74) is -0.834. The quantitative estimate of drug-likeness (QED) is 0.901. The van der Waals surface area contributed by atoms with Crippen LogP contribution in [-0.4, -0.2) is 54.9 Å². The average Bonchev–Trinajstić information content (AvgIpc) is 2.56. The molecule has 0 unspecified atom stereocenters. The van der Waals surface area contributed by atoms with Gasteiger partial charge in [0.15, 0.2) is 11.5 Å². The highest BCUT2D eigenvalue weighted by Crippen LogP contribution is 2.31. The van der Waals surface area contributed by atoms with E-state index in [2.05, 4.69) is 10.2 Å². The predicted octanol–water partition coefficient (Wildman–Crippen LogP) is 2.36. The summed E-state index contributed by atoms with van der Waals surface area (Å²) in [6, 6.07) is 7.45. The van der Waals surface area contributed by atoms with Crippen molar-refractivity contribution in [1.29, 1.82) is 0 Å². The summed E-state index contributed by atoms with van der Waals surface area (Å²) < 4.78 is 48.9. The summed E-state index contributed by atoms with van der Waals surface area (Å²) in [7, 11) is 0. The zero-order chi connectivity index (χ0) is 18.1. The first-order valence-electron chi connectivity index (χ1n) is 8.25. The monoisotopic (exact) mass is 358 g/mol. The summed E-state index contributed by atoms with van der Waals surface area (Å²) in [6.45, 7) is 3.92. The molecule has 138 valence electrons. The molecule has 1 fully saturated rings. The number of nitrogens with zero attached hydrogens (tertiary/aromatic N) is 1. The van der Waals surface area contributed by atoms with E-state index in [-0.39, 0.29) is 6.10 Å². The van der Waals surface area contributed by atoms with Crippen molar-refractivity contribution in [1.82, 2.24) is 10.2 Å². The third kappa shape index (κ3) is 4.36. The minimum Gasteiger partial charge on any atom is -0.486 e. The maximum atomic E-state index is 12.4. The number of ether oxygens (including phenoxy) is 2. The number of hydrogen-bond acceptors (Lipinski definition) is 4. The van der Waals surface area contributed by atoms with Gasteiger partial charge in [0, 0.05) is 25.2 Å². The highest BCUT2D eigenvalue weighted by atomic mass is 19.4. The van der Waals surface area contributed by atoms with Crippen LogP contribution in [-0.2, 0) is 4.79 Å². The Labute approximate surface area is 144 Å². The average molecular weight is 358 g/mol. The van der Waals surface area contributed by atoms with E-state index >= 15 is 0 Å². The lowest BCUT2D eigenvalue weighted by Gasteiger charge is -2.41. The van der Waals surface area contributed by atoms with Crippen LogP contribution in [0.1, 0.15) is 19.8 Å². The number of likely N-dealkylation sites (tertiary alicyclic amines) is 1. The first-order valence-corrected chi connectivity index (χ1v) is 8.25. The molecule has 1 aromatic rings. The lowest BCUT2D eigenvalue weighted by molar-refractivity contribution is -0.176. The maximum Gasteiger partial charge on any atom is 0.471 e. The SMILES string of the molecule is CC1(NC(=O)C(F)(F)F)CCN(C[C@H]2COc3ccccc3O2)CC1. The summed E-state index contributed by atoms with van der Waals surface area (Å²) in [4.78, 5) is 13.3. The van der Waals surface area contributed by atoms with E-state index in [0.29, 0.717) is 44.8 Å². The van der Waals surface area contributed by atoms with E-state index < -0.39 is 17.6 Å². The Kier molecular flexibility index (Phi) is 4.81. The molecule has 3 rings (SSSR count). The number of alkyl halides is 3. The Bertz CT molecular complexity index is 628. The van der Waals surface area contributed by atoms with Crippen LogP contribution >= 0.6 is 0 Å². The number of hydrogen-bond donors (Lipinski definition) is 1. The van der Waals surface area contributed by atoms with Gasteiger partial charge in [-0.15, -0.1) is 0 Å². The lowest BCUT2D eigenvalue weighted by Crippen LogP contribution is -2.57. The molecule has 0 saturated carbocycles. The Morgan fingerprint density at radius 2 is 1.92 bits per heavy atom. The molecule has 25 heavy (non-hydrogen) atoms. The van der Waals surface area contributed by atoms with E-state index in [4.69, 9.17) is 9.47 Å². The standard InChI is InChI=1S/C17H21F3N2O3/c1-16(21-15(23)17(18,19)20)6-8-22(9-7-16)10-12-11-24-13-4-2-3-5-14(13)25-12/h2-5,12H,6-11H2,1H3,(H,21,23)/t12-/m0/s1. The fourth-order valence-corrected chi connectivity index (χ4v) is 3.14. The summed E-state index contributed by atoms with van der Waals surface area (Å²) in [5.74, 6) is -0.443. The Morgan fingerprint density at radius 1 is 1.28 bits per heavy atom. The molecular formula is C17H21F3N2O3. The Morgan fingerprint density at radius 3 is 2.56 bits per heavy atom. The molecular weight excluding hydrogens is 337 g/mol. The molecule has 1 saturated heterocycles. The molecule has 0 aromatic heterocycles. The van der Waals surface area contributed by atoms with Gasteiger partial charge in [-0.05, 0) is 31.9 Å². The number of rotatable bonds is 3. The van der Waals surface area contributed by atoms with Crippen LogP contribution in [0.3, 0.4) is 0 Å². The van der Waals surface area contributed by atoms with Crippen molar-refractivity contribution in [3.8, 4) is 11.5 Å². The van der Waals surface area contributed by atoms with Gasteiger partial charge >= 0.3 is 12.1 Å². The van der Waals surface area contributed by atoms with Gasteiger partial charge in [-0.3, -0.25) is 9.69 Å². The molecule has 0 aliphatic carbocycles. The van der Waals surface area contributed by atoms with Gasteiger partial charge < -0.3 is 14.8 Å². The topological polar surface area (TPSA) is 50.8 Å². The predicted molar refractivity (Wildman–Crippen MR) is 84.6 cm³/mol. The van der Waals surface area contributed by atoms with Crippen molar-refractivity contribution in [2.24, 2.45) is 0 Å². The molecule has 5 nitrogen and oxygen atoms in total. The van der Waals surface area contributed by atoms with Crippen LogP contribution in [0.5, 0.6) is 11.5 Å². The van der Waals surface area contributed by atoms with Crippen LogP contribution in [0.2, 0.25) is 0 Å². The van der Waals surface area contributed by atoms with Gasteiger partial charge in [0.2, 0.25) is 0 Å². The van der Waals surface area contributed by atoms with Gasteiger partial charge in [0.05, 0.1) is 0 Å². The third-order valence-corrected chi connectivity index (χ3v) is 4.66. The molecule has 1 N–H and O–H groups in total.